The van der Waals surface area contributed by atoms with Crippen LogP contribution in [0.2, 0.25) is 0 Å². The molecule has 0 aliphatic carbocycles. The van der Waals surface area contributed by atoms with Crippen LogP contribution < -0.4 is 9.64 Å². The third-order valence-electron chi connectivity index (χ3n) is 4.63. The van der Waals surface area contributed by atoms with Gasteiger partial charge in [-0.15, -0.1) is 11.8 Å². The Morgan fingerprint density at radius 2 is 1.79 bits per heavy atom. The highest BCUT2D eigenvalue weighted by Gasteiger charge is 2.23. The summed E-state index contributed by atoms with van der Waals surface area (Å²) >= 11 is 1.39. The molecule has 3 rings (SSSR count). The summed E-state index contributed by atoms with van der Waals surface area (Å²) in [6.45, 7) is -3.13. The summed E-state index contributed by atoms with van der Waals surface area (Å²) < 4.78 is 33.7. The summed E-state index contributed by atoms with van der Waals surface area (Å²) in [5, 5.41) is 20.4. The zero-order valence-corrected chi connectivity index (χ0v) is 19.4. The molecule has 3 aromatic rings. The van der Waals surface area contributed by atoms with Crippen molar-refractivity contribution in [3.8, 4) is 29.0 Å². The molecular weight excluding hydrogens is 460 g/mol. The van der Waals surface area contributed by atoms with Crippen LogP contribution >= 0.6 is 11.8 Å². The second-order valence-corrected chi connectivity index (χ2v) is 8.10. The standard InChI is InChI=1S/C24H21F2N5O2S/c1-31(2)22-19(12-27)21(17-5-7-18(8-6-17)32-10-11-33-24(25)26)20(13-28)23(30-22)34-15-16-4-3-9-29-14-16/h3-9,14,24H,10-11,15H2,1-2H3. The monoisotopic (exact) mass is 481 g/mol. The second-order valence-electron chi connectivity index (χ2n) is 7.14. The van der Waals surface area contributed by atoms with Gasteiger partial charge in [0.1, 0.15) is 40.9 Å². The van der Waals surface area contributed by atoms with Crippen LogP contribution in [0.3, 0.4) is 0 Å². The normalized spacial score (nSPS) is 10.6. The number of anilines is 1. The van der Waals surface area contributed by atoms with Gasteiger partial charge in [0.2, 0.25) is 0 Å². The average molecular weight is 482 g/mol. The fraction of sp³-hybridized carbons (Fsp3) is 0.250. The Bertz CT molecular complexity index is 1190. The van der Waals surface area contributed by atoms with E-state index in [0.29, 0.717) is 39.0 Å². The Morgan fingerprint density at radius 3 is 2.38 bits per heavy atom. The van der Waals surface area contributed by atoms with Crippen LogP contribution in [0.1, 0.15) is 16.7 Å². The fourth-order valence-corrected chi connectivity index (χ4v) is 4.05. The Balaban J connectivity index is 1.97. The number of aromatic nitrogens is 2. The molecule has 0 atom stereocenters. The second kappa shape index (κ2) is 11.9. The van der Waals surface area contributed by atoms with E-state index in [2.05, 4.69) is 26.8 Å². The van der Waals surface area contributed by atoms with Crippen molar-refractivity contribution in [1.29, 1.82) is 10.5 Å². The number of nitriles is 2. The highest BCUT2D eigenvalue weighted by atomic mass is 32.2. The van der Waals surface area contributed by atoms with Crippen molar-refractivity contribution in [2.45, 2.75) is 17.4 Å². The van der Waals surface area contributed by atoms with Crippen molar-refractivity contribution in [1.82, 2.24) is 9.97 Å². The van der Waals surface area contributed by atoms with Gasteiger partial charge in [0.25, 0.3) is 0 Å². The third-order valence-corrected chi connectivity index (χ3v) is 5.68. The van der Waals surface area contributed by atoms with E-state index in [4.69, 9.17) is 4.74 Å². The number of nitrogens with zero attached hydrogens (tertiary/aromatic N) is 5. The zero-order chi connectivity index (χ0) is 24.5. The first-order valence-corrected chi connectivity index (χ1v) is 11.1. The molecule has 0 bridgehead atoms. The molecule has 10 heteroatoms. The Kier molecular flexibility index (Phi) is 8.74. The van der Waals surface area contributed by atoms with E-state index in [1.54, 1.807) is 55.7 Å². The molecule has 0 N–H and O–H groups in total. The molecular formula is C24H21F2N5O2S. The van der Waals surface area contributed by atoms with Gasteiger partial charge >= 0.3 is 6.61 Å². The minimum absolute atomic E-state index is 0.0360. The average Bonchev–Trinajstić information content (AvgIpc) is 2.85. The number of rotatable bonds is 10. The number of thioether (sulfide) groups is 1. The van der Waals surface area contributed by atoms with Gasteiger partial charge in [0.15, 0.2) is 0 Å². The molecule has 0 saturated carbocycles. The first-order chi connectivity index (χ1) is 16.4. The summed E-state index contributed by atoms with van der Waals surface area (Å²) in [6.07, 6.45) is 3.44. The topological polar surface area (TPSA) is 95.1 Å². The van der Waals surface area contributed by atoms with Crippen LogP contribution in [-0.4, -0.2) is 43.9 Å². The Labute approximate surface area is 200 Å². The minimum Gasteiger partial charge on any atom is -0.491 e. The molecule has 0 fully saturated rings. The van der Waals surface area contributed by atoms with Crippen molar-refractivity contribution >= 4 is 17.6 Å². The van der Waals surface area contributed by atoms with Gasteiger partial charge in [-0.1, -0.05) is 18.2 Å². The van der Waals surface area contributed by atoms with Crippen molar-refractivity contribution in [2.75, 3.05) is 32.2 Å². The predicted octanol–water partition coefficient (Wildman–Crippen LogP) is 4.86. The molecule has 0 saturated heterocycles. The van der Waals surface area contributed by atoms with Crippen LogP contribution in [0.15, 0.2) is 53.8 Å². The number of hydrogen-bond acceptors (Lipinski definition) is 8. The first kappa shape index (κ1) is 24.9. The first-order valence-electron chi connectivity index (χ1n) is 10.1. The summed E-state index contributed by atoms with van der Waals surface area (Å²) in [7, 11) is 3.57. The lowest BCUT2D eigenvalue weighted by molar-refractivity contribution is -0.133. The summed E-state index contributed by atoms with van der Waals surface area (Å²) in [4.78, 5) is 10.5. The molecule has 0 spiro atoms. The van der Waals surface area contributed by atoms with Crippen LogP contribution in [0.4, 0.5) is 14.6 Å². The molecule has 174 valence electrons. The van der Waals surface area contributed by atoms with Crippen molar-refractivity contribution in [3.63, 3.8) is 0 Å². The lowest BCUT2D eigenvalue weighted by Gasteiger charge is -2.19. The van der Waals surface area contributed by atoms with Crippen LogP contribution in [0.25, 0.3) is 11.1 Å². The van der Waals surface area contributed by atoms with Gasteiger partial charge in [-0.2, -0.15) is 19.3 Å². The van der Waals surface area contributed by atoms with E-state index in [1.807, 2.05) is 12.1 Å². The molecule has 1 aromatic carbocycles. The molecule has 2 heterocycles. The SMILES string of the molecule is CN(C)c1nc(SCc2cccnc2)c(C#N)c(-c2ccc(OCCOC(F)F)cc2)c1C#N. The smallest absolute Gasteiger partial charge is 0.345 e. The van der Waals surface area contributed by atoms with E-state index >= 15 is 0 Å². The maximum absolute atomic E-state index is 12.1. The number of benzene rings is 1. The number of alkyl halides is 2. The molecule has 7 nitrogen and oxygen atoms in total. The van der Waals surface area contributed by atoms with Gasteiger partial charge < -0.3 is 14.4 Å². The van der Waals surface area contributed by atoms with Crippen molar-refractivity contribution in [2.24, 2.45) is 0 Å². The Morgan fingerprint density at radius 1 is 1.06 bits per heavy atom. The lowest BCUT2D eigenvalue weighted by Crippen LogP contribution is -2.15. The molecule has 0 unspecified atom stereocenters. The van der Waals surface area contributed by atoms with E-state index in [1.165, 1.54) is 11.8 Å². The summed E-state index contributed by atoms with van der Waals surface area (Å²) in [6, 6.07) is 14.9. The maximum atomic E-state index is 12.1. The minimum atomic E-state index is -2.84. The number of hydrogen-bond donors (Lipinski definition) is 0. The highest BCUT2D eigenvalue weighted by Crippen LogP contribution is 2.38. The third kappa shape index (κ3) is 6.19. The van der Waals surface area contributed by atoms with Gasteiger partial charge in [-0.3, -0.25) is 4.98 Å². The lowest BCUT2D eigenvalue weighted by atomic mass is 9.96. The summed E-state index contributed by atoms with van der Waals surface area (Å²) in [5.41, 5.74) is 2.68. The van der Waals surface area contributed by atoms with E-state index in [-0.39, 0.29) is 18.8 Å². The quantitative estimate of drug-likeness (QED) is 0.299. The molecule has 34 heavy (non-hydrogen) atoms. The zero-order valence-electron chi connectivity index (χ0n) is 18.5. The Hall–Kier alpha value is -3.73. The number of halogens is 2. The van der Waals surface area contributed by atoms with Gasteiger partial charge in [0, 0.05) is 37.8 Å². The van der Waals surface area contributed by atoms with Crippen LogP contribution in [-0.2, 0) is 10.5 Å². The maximum Gasteiger partial charge on any atom is 0.345 e. The molecule has 0 radical (unpaired) electrons. The molecule has 0 amide bonds. The van der Waals surface area contributed by atoms with Gasteiger partial charge in [0.05, 0.1) is 12.2 Å². The van der Waals surface area contributed by atoms with Crippen LogP contribution in [0, 0.1) is 22.7 Å². The molecule has 0 aliphatic rings. The fourth-order valence-electron chi connectivity index (χ4n) is 3.13. The number of ether oxygens (including phenoxy) is 2. The van der Waals surface area contributed by atoms with Crippen molar-refractivity contribution < 1.29 is 18.3 Å². The van der Waals surface area contributed by atoms with Gasteiger partial charge in [-0.25, -0.2) is 4.98 Å². The van der Waals surface area contributed by atoms with E-state index < -0.39 is 6.61 Å². The predicted molar refractivity (Wildman–Crippen MR) is 125 cm³/mol. The van der Waals surface area contributed by atoms with E-state index in [0.717, 1.165) is 5.56 Å². The summed E-state index contributed by atoms with van der Waals surface area (Å²) in [5.74, 6) is 1.46. The molecule has 2 aromatic heterocycles. The number of pyridine rings is 2. The molecule has 0 aliphatic heterocycles. The van der Waals surface area contributed by atoms with Crippen LogP contribution in [0.5, 0.6) is 5.75 Å². The highest BCUT2D eigenvalue weighted by molar-refractivity contribution is 7.98. The van der Waals surface area contributed by atoms with Crippen molar-refractivity contribution in [3.05, 3.63) is 65.5 Å². The van der Waals surface area contributed by atoms with E-state index in [9.17, 15) is 19.3 Å². The largest absolute Gasteiger partial charge is 0.491 e. The van der Waals surface area contributed by atoms with Gasteiger partial charge in [-0.05, 0) is 29.3 Å².